The number of hydrogen-bond acceptors (Lipinski definition) is 9. The Kier molecular flexibility index (Phi) is 5.91. The van der Waals surface area contributed by atoms with Gasteiger partial charge in [0.25, 0.3) is 5.91 Å². The van der Waals surface area contributed by atoms with E-state index in [4.69, 9.17) is 5.73 Å². The van der Waals surface area contributed by atoms with Crippen LogP contribution in [0, 0.1) is 11.8 Å². The zero-order chi connectivity index (χ0) is 26.8. The fraction of sp³-hybridized carbons (Fsp3) is 0.444. The van der Waals surface area contributed by atoms with Crippen LogP contribution in [0.2, 0.25) is 0 Å². The SMILES string of the molecule is CN(C)c1cc(CN2CC=CCC2)c(O)c2c1C[C@H]1C[C@H]3CC(=O)C(C(N)=O)=C(O)[C@@]3(O)C(=O)C1=C2O. The number of amides is 1. The number of carbonyl (C=O) groups is 3. The minimum Gasteiger partial charge on any atom is -0.508 e. The molecule has 10 heteroatoms. The fourth-order valence-corrected chi connectivity index (χ4v) is 6.32. The van der Waals surface area contributed by atoms with E-state index in [-0.39, 0.29) is 36.1 Å². The van der Waals surface area contributed by atoms with Crippen molar-refractivity contribution in [1.82, 2.24) is 4.90 Å². The molecule has 1 heterocycles. The Balaban J connectivity index is 1.66. The third kappa shape index (κ3) is 3.66. The second-order valence-corrected chi connectivity index (χ2v) is 10.6. The number of aliphatic hydroxyl groups is 3. The van der Waals surface area contributed by atoms with Gasteiger partial charge in [-0.25, -0.2) is 0 Å². The van der Waals surface area contributed by atoms with Gasteiger partial charge < -0.3 is 31.1 Å². The van der Waals surface area contributed by atoms with Gasteiger partial charge in [0.2, 0.25) is 5.78 Å². The summed E-state index contributed by atoms with van der Waals surface area (Å²) in [6.45, 7) is 1.98. The Morgan fingerprint density at radius 1 is 1.19 bits per heavy atom. The first-order valence-corrected chi connectivity index (χ1v) is 12.4. The molecule has 1 amide bonds. The molecule has 1 aromatic rings. The Labute approximate surface area is 214 Å². The largest absolute Gasteiger partial charge is 0.508 e. The number of phenols is 1. The molecule has 0 radical (unpaired) electrons. The second-order valence-electron chi connectivity index (χ2n) is 10.6. The maximum absolute atomic E-state index is 13.7. The van der Waals surface area contributed by atoms with E-state index in [0.29, 0.717) is 17.7 Å². The van der Waals surface area contributed by atoms with Gasteiger partial charge in [-0.05, 0) is 36.8 Å². The minimum absolute atomic E-state index is 0.110. The van der Waals surface area contributed by atoms with Crippen molar-refractivity contribution in [2.24, 2.45) is 17.6 Å². The van der Waals surface area contributed by atoms with Crippen LogP contribution in [0.5, 0.6) is 5.75 Å². The lowest BCUT2D eigenvalue weighted by atomic mass is 9.59. The average Bonchev–Trinajstić information content (AvgIpc) is 2.83. The Morgan fingerprint density at radius 2 is 1.92 bits per heavy atom. The molecule has 3 atom stereocenters. The highest BCUT2D eigenvalue weighted by Crippen LogP contribution is 2.53. The van der Waals surface area contributed by atoms with Gasteiger partial charge in [-0.15, -0.1) is 0 Å². The van der Waals surface area contributed by atoms with Crippen molar-refractivity contribution in [1.29, 1.82) is 0 Å². The second kappa shape index (κ2) is 8.74. The van der Waals surface area contributed by atoms with Crippen molar-refractivity contribution in [3.8, 4) is 5.75 Å². The van der Waals surface area contributed by atoms with Gasteiger partial charge in [0.15, 0.2) is 11.4 Å². The number of rotatable bonds is 4. The van der Waals surface area contributed by atoms with E-state index in [1.807, 2.05) is 25.1 Å². The zero-order valence-corrected chi connectivity index (χ0v) is 20.8. The number of nitrogens with two attached hydrogens (primary N) is 1. The lowest BCUT2D eigenvalue weighted by Crippen LogP contribution is -2.58. The first kappa shape index (κ1) is 25.0. The van der Waals surface area contributed by atoms with E-state index in [9.17, 15) is 34.8 Å². The molecular weight excluding hydrogens is 478 g/mol. The summed E-state index contributed by atoms with van der Waals surface area (Å²) in [7, 11) is 3.71. The maximum atomic E-state index is 13.7. The molecule has 0 unspecified atom stereocenters. The molecule has 3 aliphatic carbocycles. The molecule has 196 valence electrons. The predicted octanol–water partition coefficient (Wildman–Crippen LogP) is 1.25. The molecule has 1 aromatic carbocycles. The Morgan fingerprint density at radius 3 is 2.54 bits per heavy atom. The van der Waals surface area contributed by atoms with E-state index in [1.165, 1.54) is 0 Å². The summed E-state index contributed by atoms with van der Waals surface area (Å²) in [6.07, 6.45) is 5.11. The minimum atomic E-state index is -2.56. The standard InChI is InChI=1S/C27H31N3O7/c1-29(2)17-10-14(12-30-6-4-3-5-7-30)22(32)20-16(17)9-13-8-15-11-18(31)21(26(28)36)25(35)27(15,37)24(34)19(13)23(20)33/h3-4,10,13,15,32-33,35,37H,5-9,11-12H2,1-2H3,(H2,28,36)/t13-,15+,27+/m1/s1. The monoisotopic (exact) mass is 509 g/mol. The van der Waals surface area contributed by atoms with Gasteiger partial charge in [-0.3, -0.25) is 19.3 Å². The average molecular weight is 510 g/mol. The summed E-state index contributed by atoms with van der Waals surface area (Å²) < 4.78 is 0. The molecule has 0 bridgehead atoms. The van der Waals surface area contributed by atoms with Gasteiger partial charge in [-0.2, -0.15) is 0 Å². The van der Waals surface area contributed by atoms with Crippen molar-refractivity contribution >= 4 is 28.9 Å². The molecule has 1 aliphatic heterocycles. The van der Waals surface area contributed by atoms with Gasteiger partial charge >= 0.3 is 0 Å². The number of carbonyl (C=O) groups excluding carboxylic acids is 3. The number of fused-ring (bicyclic) bond motifs is 3. The van der Waals surface area contributed by atoms with E-state index in [2.05, 4.69) is 17.1 Å². The van der Waals surface area contributed by atoms with Gasteiger partial charge in [0.1, 0.15) is 22.8 Å². The number of Topliss-reactive ketones (excluding diaryl/α,β-unsaturated/α-hetero) is 2. The van der Waals surface area contributed by atoms with Crippen LogP contribution >= 0.6 is 0 Å². The Hall–Kier alpha value is -3.63. The van der Waals surface area contributed by atoms with Crippen molar-refractivity contribution < 1.29 is 34.8 Å². The molecule has 0 aromatic heterocycles. The lowest BCUT2D eigenvalue weighted by Gasteiger charge is -2.46. The van der Waals surface area contributed by atoms with Crippen LogP contribution < -0.4 is 10.6 Å². The molecule has 0 saturated heterocycles. The van der Waals surface area contributed by atoms with Crippen LogP contribution in [0.25, 0.3) is 5.76 Å². The molecule has 5 rings (SSSR count). The summed E-state index contributed by atoms with van der Waals surface area (Å²) in [5.74, 6) is -6.17. The highest BCUT2D eigenvalue weighted by atomic mass is 16.3. The number of aliphatic hydroxyl groups excluding tert-OH is 2. The number of phenolic OH excluding ortho intramolecular Hbond substituents is 1. The van der Waals surface area contributed by atoms with Gasteiger partial charge in [0.05, 0.1) is 5.56 Å². The van der Waals surface area contributed by atoms with Crippen molar-refractivity contribution in [3.05, 3.63) is 51.8 Å². The van der Waals surface area contributed by atoms with Crippen LogP contribution in [-0.4, -0.2) is 75.6 Å². The molecule has 4 aliphatic rings. The summed E-state index contributed by atoms with van der Waals surface area (Å²) in [5, 5.41) is 44.9. The summed E-state index contributed by atoms with van der Waals surface area (Å²) in [6, 6.07) is 1.89. The third-order valence-electron chi connectivity index (χ3n) is 8.14. The lowest BCUT2D eigenvalue weighted by molar-refractivity contribution is -0.147. The quantitative estimate of drug-likeness (QED) is 0.297. The predicted molar refractivity (Wildman–Crippen MR) is 135 cm³/mol. The number of hydrogen-bond donors (Lipinski definition) is 5. The number of aromatic hydroxyl groups is 1. The first-order chi connectivity index (χ1) is 17.5. The normalized spacial score (nSPS) is 27.6. The summed E-state index contributed by atoms with van der Waals surface area (Å²) >= 11 is 0. The molecule has 1 saturated carbocycles. The van der Waals surface area contributed by atoms with E-state index >= 15 is 0 Å². The van der Waals surface area contributed by atoms with E-state index < -0.39 is 52.0 Å². The topological polar surface area (TPSA) is 165 Å². The molecule has 10 nitrogen and oxygen atoms in total. The molecule has 37 heavy (non-hydrogen) atoms. The summed E-state index contributed by atoms with van der Waals surface area (Å²) in [4.78, 5) is 42.1. The number of nitrogens with zero attached hydrogens (tertiary/aromatic N) is 2. The van der Waals surface area contributed by atoms with Crippen molar-refractivity contribution in [2.75, 3.05) is 32.1 Å². The molecule has 6 N–H and O–H groups in total. The van der Waals surface area contributed by atoms with Gasteiger partial charge in [0, 0.05) is 62.9 Å². The first-order valence-electron chi connectivity index (χ1n) is 12.4. The fourth-order valence-electron chi connectivity index (χ4n) is 6.32. The number of ketones is 2. The van der Waals surface area contributed by atoms with Gasteiger partial charge in [-0.1, -0.05) is 12.2 Å². The Bertz CT molecular complexity index is 1330. The number of primary amides is 1. The number of benzene rings is 1. The van der Waals surface area contributed by atoms with Crippen molar-refractivity contribution in [3.63, 3.8) is 0 Å². The van der Waals surface area contributed by atoms with E-state index in [1.54, 1.807) is 0 Å². The van der Waals surface area contributed by atoms with Crippen molar-refractivity contribution in [2.45, 2.75) is 37.8 Å². The molecular formula is C27H31N3O7. The molecule has 1 fully saturated rings. The smallest absolute Gasteiger partial charge is 0.255 e. The highest BCUT2D eigenvalue weighted by molar-refractivity contribution is 6.22. The van der Waals surface area contributed by atoms with Crippen LogP contribution in [0.3, 0.4) is 0 Å². The molecule has 0 spiro atoms. The van der Waals surface area contributed by atoms with Crippen LogP contribution in [0.15, 0.2) is 35.1 Å². The highest BCUT2D eigenvalue weighted by Gasteiger charge is 2.60. The third-order valence-corrected chi connectivity index (χ3v) is 8.14. The maximum Gasteiger partial charge on any atom is 0.255 e. The zero-order valence-electron chi connectivity index (χ0n) is 20.8. The van der Waals surface area contributed by atoms with E-state index in [0.717, 1.165) is 25.2 Å². The van der Waals surface area contributed by atoms with Crippen LogP contribution in [0.1, 0.15) is 36.0 Å². The van der Waals surface area contributed by atoms with Crippen LogP contribution in [-0.2, 0) is 27.3 Å². The summed E-state index contributed by atoms with van der Waals surface area (Å²) in [5.41, 5.74) is 3.92. The van der Waals surface area contributed by atoms with Crippen LogP contribution in [0.4, 0.5) is 5.69 Å². The number of anilines is 1.